The summed E-state index contributed by atoms with van der Waals surface area (Å²) in [5, 5.41) is 0. The standard InChI is InChI=1S/2Na.Se2/c;;1-2/q2*+1;-2. The summed E-state index contributed by atoms with van der Waals surface area (Å²) in [7, 11) is 2.36. The fourth-order valence-corrected chi connectivity index (χ4v) is 0. The molecule has 0 fully saturated rings. The Morgan fingerprint density at radius 3 is 1.25 bits per heavy atom. The van der Waals surface area contributed by atoms with Crippen molar-refractivity contribution >= 4 is 68.1 Å². The van der Waals surface area contributed by atoms with E-state index in [1.165, 1.54) is 68.1 Å². The molecule has 4 heteroatoms. The van der Waals surface area contributed by atoms with Crippen molar-refractivity contribution in [3.05, 3.63) is 0 Å². The third kappa shape index (κ3) is 5.04. The maximum absolute atomic E-state index is 1.51. The van der Waals surface area contributed by atoms with Crippen molar-refractivity contribution in [1.82, 2.24) is 0 Å². The molecular formula is Na2Se2. The van der Waals surface area contributed by atoms with Gasteiger partial charge in [0.15, 0.2) is 0 Å². The zero-order valence-electron chi connectivity index (χ0n) is 2.82. The predicted molar refractivity (Wildman–Crippen MR) is 23.0 cm³/mol. The molecule has 0 aliphatic heterocycles. The normalized spacial score (nSPS) is 8.00. The summed E-state index contributed by atoms with van der Waals surface area (Å²) in [5.41, 5.74) is 0. The van der Waals surface area contributed by atoms with Gasteiger partial charge in [0.25, 0.3) is 0 Å². The molecule has 4 heavy (non-hydrogen) atoms. The Kier molecular flexibility index (Phi) is 10.6. The average Bonchev–Trinajstić information content (AvgIpc) is 1.37. The Labute approximate surface area is 66.3 Å². The summed E-state index contributed by atoms with van der Waals surface area (Å²) in [6.45, 7) is 0. The van der Waals surface area contributed by atoms with E-state index in [0.717, 1.165) is 0 Å². The van der Waals surface area contributed by atoms with E-state index in [9.17, 15) is 0 Å². The van der Waals surface area contributed by atoms with Gasteiger partial charge in [-0.05, 0) is 0 Å². The SMILES string of the molecule is [Na][Se][Se][Na]. The van der Waals surface area contributed by atoms with E-state index < -0.39 is 0 Å². The first kappa shape index (κ1) is 7.04. The molecule has 14 valence electrons. The van der Waals surface area contributed by atoms with Gasteiger partial charge in [0, 0.05) is 0 Å². The number of rotatable bonds is 1. The minimum atomic E-state index is 1.18. The van der Waals surface area contributed by atoms with Gasteiger partial charge in [0.05, 0.1) is 0 Å². The Hall–Kier alpha value is 3.04. The van der Waals surface area contributed by atoms with Gasteiger partial charge < -0.3 is 0 Å². The zero-order valence-corrected chi connectivity index (χ0v) is 10.2. The van der Waals surface area contributed by atoms with Crippen molar-refractivity contribution in [3.8, 4) is 0 Å². The zero-order chi connectivity index (χ0) is 3.41. The fraction of sp³-hybridized carbons (Fsp3) is 0. The van der Waals surface area contributed by atoms with Crippen LogP contribution in [-0.4, -0.2) is 68.1 Å². The van der Waals surface area contributed by atoms with E-state index in [-0.39, 0.29) is 0 Å². The van der Waals surface area contributed by atoms with Gasteiger partial charge in [-0.25, -0.2) is 0 Å². The van der Waals surface area contributed by atoms with Gasteiger partial charge in [0.1, 0.15) is 0 Å². The first-order chi connectivity index (χ1) is 1.91. The molecule has 0 spiro atoms. The van der Waals surface area contributed by atoms with Crippen LogP contribution in [-0.2, 0) is 0 Å². The van der Waals surface area contributed by atoms with Crippen LogP contribution in [0.5, 0.6) is 0 Å². The Balaban J connectivity index is 1.97. The van der Waals surface area contributed by atoms with Crippen LogP contribution < -0.4 is 0 Å². The third-order valence-corrected chi connectivity index (χ3v) is 40.5. The summed E-state index contributed by atoms with van der Waals surface area (Å²) >= 11 is 3.03. The summed E-state index contributed by atoms with van der Waals surface area (Å²) in [6, 6.07) is 0. The van der Waals surface area contributed by atoms with Crippen LogP contribution >= 0.6 is 0 Å². The van der Waals surface area contributed by atoms with Crippen LogP contribution in [0.1, 0.15) is 0 Å². The van der Waals surface area contributed by atoms with Crippen molar-refractivity contribution in [1.29, 1.82) is 0 Å². The molecule has 0 saturated heterocycles. The van der Waals surface area contributed by atoms with Crippen molar-refractivity contribution in [2.75, 3.05) is 0 Å². The molecule has 0 aliphatic carbocycles. The molecule has 0 aromatic rings. The van der Waals surface area contributed by atoms with Gasteiger partial charge in [-0.1, -0.05) is 0 Å². The van der Waals surface area contributed by atoms with Crippen molar-refractivity contribution < 1.29 is 0 Å². The fourth-order valence-electron chi connectivity index (χ4n) is 0. The van der Waals surface area contributed by atoms with Gasteiger partial charge >= 0.3 is 68.1 Å². The first-order valence-corrected chi connectivity index (χ1v) is 17.2. The molecule has 0 N–H and O–H groups in total. The summed E-state index contributed by atoms with van der Waals surface area (Å²) in [6.07, 6.45) is 0. The van der Waals surface area contributed by atoms with E-state index in [0.29, 0.717) is 0 Å². The van der Waals surface area contributed by atoms with Crippen LogP contribution in [0.25, 0.3) is 0 Å². The maximum atomic E-state index is 1.51. The first-order valence-electron chi connectivity index (χ1n) is 0.983. The predicted octanol–water partition coefficient (Wildman–Crippen LogP) is -1.52. The second kappa shape index (κ2) is 6.04. The van der Waals surface area contributed by atoms with Gasteiger partial charge in [-0.3, -0.25) is 0 Å². The molecule has 0 amide bonds. The number of hydrogen-bond donors (Lipinski definition) is 0. The van der Waals surface area contributed by atoms with Gasteiger partial charge in [-0.2, -0.15) is 0 Å². The average molecular weight is 204 g/mol. The molecule has 0 saturated carbocycles. The molecule has 0 aromatic carbocycles. The van der Waals surface area contributed by atoms with Crippen LogP contribution in [0.15, 0.2) is 0 Å². The quantitative estimate of drug-likeness (QED) is 0.455. The van der Waals surface area contributed by atoms with Crippen LogP contribution in [0.3, 0.4) is 0 Å². The van der Waals surface area contributed by atoms with Crippen LogP contribution in [0, 0.1) is 0 Å². The molecule has 0 heterocycles. The van der Waals surface area contributed by atoms with E-state index in [4.69, 9.17) is 0 Å². The van der Waals surface area contributed by atoms with Crippen LogP contribution in [0.4, 0.5) is 0 Å². The van der Waals surface area contributed by atoms with E-state index in [2.05, 4.69) is 0 Å². The molecular weight excluding hydrogens is 204 g/mol. The van der Waals surface area contributed by atoms with Crippen molar-refractivity contribution in [2.45, 2.75) is 0 Å². The third-order valence-electron chi connectivity index (χ3n) is 0.167. The summed E-state index contributed by atoms with van der Waals surface area (Å²) in [4.78, 5) is 0. The second-order valence-corrected chi connectivity index (χ2v) is 27.0. The van der Waals surface area contributed by atoms with E-state index in [1.54, 1.807) is 0 Å². The van der Waals surface area contributed by atoms with E-state index >= 15 is 0 Å². The molecule has 0 bridgehead atoms. The second-order valence-electron chi connectivity index (χ2n) is 0.333. The number of hydrogen-bond acceptors (Lipinski definition) is 0. The molecule has 0 aliphatic rings. The Bertz CT molecular complexity index is 6.00. The molecule has 0 atom stereocenters. The molecule has 0 aromatic heterocycles. The van der Waals surface area contributed by atoms with E-state index in [1.807, 2.05) is 0 Å². The molecule has 0 unspecified atom stereocenters. The van der Waals surface area contributed by atoms with Gasteiger partial charge in [-0.15, -0.1) is 0 Å². The minimum absolute atomic E-state index is 1.18. The molecule has 0 rings (SSSR count). The Morgan fingerprint density at radius 1 is 1.00 bits per heavy atom. The molecule has 0 nitrogen and oxygen atoms in total. The van der Waals surface area contributed by atoms with Crippen LogP contribution in [0.2, 0.25) is 0 Å². The topological polar surface area (TPSA) is 0 Å². The summed E-state index contributed by atoms with van der Waals surface area (Å²) < 4.78 is 0. The van der Waals surface area contributed by atoms with Crippen molar-refractivity contribution in [3.63, 3.8) is 0 Å². The van der Waals surface area contributed by atoms with Gasteiger partial charge in [0.2, 0.25) is 0 Å². The summed E-state index contributed by atoms with van der Waals surface area (Å²) in [5.74, 6) is 0. The molecule has 0 radical (unpaired) electrons. The van der Waals surface area contributed by atoms with Crippen molar-refractivity contribution in [2.24, 2.45) is 0 Å². The Morgan fingerprint density at radius 2 is 1.25 bits per heavy atom. The monoisotopic (exact) mass is 206 g/mol.